The Kier molecular flexibility index (Phi) is 4.58. The summed E-state index contributed by atoms with van der Waals surface area (Å²) in [5.74, 6) is -2.35. The number of carbonyl (C=O) groups excluding carboxylic acids is 3. The van der Waals surface area contributed by atoms with Gasteiger partial charge in [-0.25, -0.2) is 13.6 Å². The maximum absolute atomic E-state index is 13.7. The lowest BCUT2D eigenvalue weighted by Crippen LogP contribution is -2.49. The molecule has 3 rings (SSSR count). The van der Waals surface area contributed by atoms with Gasteiger partial charge in [0.1, 0.15) is 17.2 Å². The molecule has 1 heterocycles. The maximum atomic E-state index is 13.7. The van der Waals surface area contributed by atoms with Crippen molar-refractivity contribution in [1.29, 1.82) is 0 Å². The smallest absolute Gasteiger partial charge is 0.323 e. The van der Waals surface area contributed by atoms with Crippen LogP contribution >= 0.6 is 0 Å². The number of nitrogens with one attached hydrogen (secondary N) is 1. The minimum Gasteiger partial charge on any atom is -0.323 e. The van der Waals surface area contributed by atoms with Crippen LogP contribution in [0.15, 0.2) is 18.2 Å². The fourth-order valence-corrected chi connectivity index (χ4v) is 3.68. The number of halogens is 2. The largest absolute Gasteiger partial charge is 0.325 e. The van der Waals surface area contributed by atoms with Gasteiger partial charge in [0.15, 0.2) is 5.78 Å². The van der Waals surface area contributed by atoms with Crippen LogP contribution in [0.4, 0.5) is 13.6 Å². The van der Waals surface area contributed by atoms with E-state index in [1.807, 2.05) is 0 Å². The SMILES string of the molecule is CCC1CCC2(CC1)NC(=O)N(CC(=O)c1cc(F)ccc1F)C2=O. The zero-order valence-corrected chi connectivity index (χ0v) is 14.0. The van der Waals surface area contributed by atoms with Gasteiger partial charge >= 0.3 is 6.03 Å². The lowest BCUT2D eigenvalue weighted by atomic mass is 9.75. The number of rotatable bonds is 4. The van der Waals surface area contributed by atoms with Gasteiger partial charge in [-0.05, 0) is 49.8 Å². The molecule has 1 spiro atoms. The van der Waals surface area contributed by atoms with Crippen molar-refractivity contribution in [2.75, 3.05) is 6.54 Å². The fourth-order valence-electron chi connectivity index (χ4n) is 3.68. The van der Waals surface area contributed by atoms with E-state index in [0.29, 0.717) is 18.8 Å². The molecule has 0 aromatic heterocycles. The van der Waals surface area contributed by atoms with Crippen LogP contribution < -0.4 is 5.32 Å². The molecule has 134 valence electrons. The third kappa shape index (κ3) is 3.15. The zero-order chi connectivity index (χ0) is 18.2. The highest BCUT2D eigenvalue weighted by Crippen LogP contribution is 2.37. The van der Waals surface area contributed by atoms with E-state index in [0.717, 1.165) is 42.4 Å². The highest BCUT2D eigenvalue weighted by Gasteiger charge is 2.52. The molecule has 0 radical (unpaired) electrons. The van der Waals surface area contributed by atoms with Gasteiger partial charge in [-0.3, -0.25) is 14.5 Å². The number of hydrogen-bond acceptors (Lipinski definition) is 3. The number of hydrogen-bond donors (Lipinski definition) is 1. The summed E-state index contributed by atoms with van der Waals surface area (Å²) in [4.78, 5) is 38.0. The van der Waals surface area contributed by atoms with Crippen LogP contribution in [-0.4, -0.2) is 34.7 Å². The fraction of sp³-hybridized carbons (Fsp3) is 0.500. The van der Waals surface area contributed by atoms with Crippen molar-refractivity contribution in [1.82, 2.24) is 10.2 Å². The maximum Gasteiger partial charge on any atom is 0.325 e. The van der Waals surface area contributed by atoms with E-state index in [-0.39, 0.29) is 0 Å². The third-order valence-electron chi connectivity index (χ3n) is 5.31. The van der Waals surface area contributed by atoms with Crippen LogP contribution in [0.1, 0.15) is 49.4 Å². The molecule has 1 N–H and O–H groups in total. The number of imide groups is 1. The number of nitrogens with zero attached hydrogens (tertiary/aromatic N) is 1. The Morgan fingerprint density at radius 1 is 1.28 bits per heavy atom. The number of Topliss-reactive ketones (excluding diaryl/α,β-unsaturated/α-hetero) is 1. The van der Waals surface area contributed by atoms with E-state index < -0.39 is 47.0 Å². The van der Waals surface area contributed by atoms with Gasteiger partial charge in [0, 0.05) is 0 Å². The molecule has 3 amide bonds. The van der Waals surface area contributed by atoms with Crippen LogP contribution in [0.5, 0.6) is 0 Å². The molecule has 5 nitrogen and oxygen atoms in total. The Labute approximate surface area is 144 Å². The highest BCUT2D eigenvalue weighted by atomic mass is 19.1. The van der Waals surface area contributed by atoms with Gasteiger partial charge in [-0.2, -0.15) is 0 Å². The molecule has 2 fully saturated rings. The molecule has 7 heteroatoms. The minimum atomic E-state index is -0.955. The second-order valence-corrected chi connectivity index (χ2v) is 6.80. The molecule has 1 aliphatic heterocycles. The van der Waals surface area contributed by atoms with Gasteiger partial charge in [0.05, 0.1) is 12.1 Å². The van der Waals surface area contributed by atoms with E-state index in [1.165, 1.54) is 0 Å². The van der Waals surface area contributed by atoms with Crippen LogP contribution in [0.3, 0.4) is 0 Å². The van der Waals surface area contributed by atoms with E-state index in [2.05, 4.69) is 12.2 Å². The molecule has 0 atom stereocenters. The molecule has 0 bridgehead atoms. The van der Waals surface area contributed by atoms with Crippen molar-refractivity contribution >= 4 is 17.7 Å². The predicted octanol–water partition coefficient (Wildman–Crippen LogP) is 3.04. The molecule has 1 aromatic carbocycles. The van der Waals surface area contributed by atoms with Crippen molar-refractivity contribution in [3.05, 3.63) is 35.4 Å². The number of ketones is 1. The molecule has 1 aliphatic carbocycles. The van der Waals surface area contributed by atoms with Crippen molar-refractivity contribution in [2.45, 2.75) is 44.6 Å². The van der Waals surface area contributed by atoms with E-state index >= 15 is 0 Å². The van der Waals surface area contributed by atoms with Crippen LogP contribution in [-0.2, 0) is 4.79 Å². The van der Waals surface area contributed by atoms with E-state index in [4.69, 9.17) is 0 Å². The number of benzene rings is 1. The first-order valence-electron chi connectivity index (χ1n) is 8.48. The molecule has 1 saturated heterocycles. The Balaban J connectivity index is 1.75. The molecule has 2 aliphatic rings. The van der Waals surface area contributed by atoms with Gasteiger partial charge < -0.3 is 5.32 Å². The molecule has 25 heavy (non-hydrogen) atoms. The van der Waals surface area contributed by atoms with Crippen molar-refractivity contribution in [3.8, 4) is 0 Å². The van der Waals surface area contributed by atoms with Gasteiger partial charge in [0.25, 0.3) is 5.91 Å². The van der Waals surface area contributed by atoms with Crippen LogP contribution in [0.2, 0.25) is 0 Å². The number of urea groups is 1. The van der Waals surface area contributed by atoms with E-state index in [9.17, 15) is 23.2 Å². The molecule has 0 unspecified atom stereocenters. The highest BCUT2D eigenvalue weighted by molar-refractivity contribution is 6.11. The molecular weight excluding hydrogens is 330 g/mol. The molecular formula is C18H20F2N2O3. The van der Waals surface area contributed by atoms with Crippen LogP contribution in [0, 0.1) is 17.6 Å². The lowest BCUT2D eigenvalue weighted by Gasteiger charge is -2.34. The number of amides is 3. The van der Waals surface area contributed by atoms with Crippen molar-refractivity contribution in [2.24, 2.45) is 5.92 Å². The second kappa shape index (κ2) is 6.54. The Bertz CT molecular complexity index is 727. The summed E-state index contributed by atoms with van der Waals surface area (Å²) in [6.07, 6.45) is 3.77. The average molecular weight is 350 g/mol. The first-order chi connectivity index (χ1) is 11.9. The summed E-state index contributed by atoms with van der Waals surface area (Å²) in [5, 5.41) is 2.71. The van der Waals surface area contributed by atoms with E-state index in [1.54, 1.807) is 0 Å². The molecule has 1 aromatic rings. The Hall–Kier alpha value is -2.31. The van der Waals surface area contributed by atoms with Gasteiger partial charge in [-0.1, -0.05) is 13.3 Å². The monoisotopic (exact) mass is 350 g/mol. The third-order valence-corrected chi connectivity index (χ3v) is 5.31. The summed E-state index contributed by atoms with van der Waals surface area (Å²) in [7, 11) is 0. The number of carbonyl (C=O) groups is 3. The summed E-state index contributed by atoms with van der Waals surface area (Å²) < 4.78 is 27.0. The average Bonchev–Trinajstić information content (AvgIpc) is 2.82. The lowest BCUT2D eigenvalue weighted by molar-refractivity contribution is -0.132. The summed E-state index contributed by atoms with van der Waals surface area (Å²) in [6.45, 7) is 1.50. The predicted molar refractivity (Wildman–Crippen MR) is 85.9 cm³/mol. The zero-order valence-electron chi connectivity index (χ0n) is 14.0. The van der Waals surface area contributed by atoms with Crippen LogP contribution in [0.25, 0.3) is 0 Å². The van der Waals surface area contributed by atoms with Crippen molar-refractivity contribution in [3.63, 3.8) is 0 Å². The molecule has 1 saturated carbocycles. The first kappa shape index (κ1) is 17.5. The summed E-state index contributed by atoms with van der Waals surface area (Å²) >= 11 is 0. The summed E-state index contributed by atoms with van der Waals surface area (Å²) in [5.41, 5.74) is -1.42. The Morgan fingerprint density at radius 3 is 2.60 bits per heavy atom. The summed E-state index contributed by atoms with van der Waals surface area (Å²) in [6, 6.07) is 1.88. The standard InChI is InChI=1S/C18H20F2N2O3/c1-2-11-5-7-18(8-6-11)16(24)22(17(25)21-18)10-15(23)13-9-12(19)3-4-14(13)20/h3-4,9,11H,2,5-8,10H2,1H3,(H,21,25). The Morgan fingerprint density at radius 2 is 1.96 bits per heavy atom. The van der Waals surface area contributed by atoms with Gasteiger partial charge in [0.2, 0.25) is 0 Å². The quantitative estimate of drug-likeness (QED) is 0.670. The minimum absolute atomic E-state index is 0.447. The first-order valence-corrected chi connectivity index (χ1v) is 8.48. The normalized spacial score (nSPS) is 26.2. The second-order valence-electron chi connectivity index (χ2n) is 6.80. The van der Waals surface area contributed by atoms with Gasteiger partial charge in [-0.15, -0.1) is 0 Å². The van der Waals surface area contributed by atoms with Crippen molar-refractivity contribution < 1.29 is 23.2 Å². The topological polar surface area (TPSA) is 66.5 Å².